The maximum absolute atomic E-state index is 6.15. The maximum Gasteiger partial charge on any atom is 0.231 e. The third-order valence-corrected chi connectivity index (χ3v) is 3.51. The third kappa shape index (κ3) is 2.62. The Kier molecular flexibility index (Phi) is 3.59. The largest absolute Gasteiger partial charge is 0.454 e. The number of nitrogens with zero attached hydrogens (tertiary/aromatic N) is 1. The van der Waals surface area contributed by atoms with Gasteiger partial charge in [-0.15, -0.1) is 0 Å². The molecule has 104 valence electrons. The van der Waals surface area contributed by atoms with Gasteiger partial charge < -0.3 is 14.8 Å². The number of pyridine rings is 1. The second-order valence-electron chi connectivity index (χ2n) is 4.43. The summed E-state index contributed by atoms with van der Waals surface area (Å²) in [6.07, 6.45) is 0. The van der Waals surface area contributed by atoms with Crippen LogP contribution in [0.1, 0.15) is 11.3 Å². The molecule has 0 saturated carbocycles. The Hall–Kier alpha value is -1.65. The maximum atomic E-state index is 6.15. The fourth-order valence-electron chi connectivity index (χ4n) is 2.04. The van der Waals surface area contributed by atoms with E-state index in [1.807, 2.05) is 25.1 Å². The van der Waals surface area contributed by atoms with Crippen LogP contribution in [0, 0.1) is 6.92 Å². The van der Waals surface area contributed by atoms with Crippen LogP contribution >= 0.6 is 23.2 Å². The number of aromatic nitrogens is 1. The normalized spacial score (nSPS) is 12.6. The lowest BCUT2D eigenvalue weighted by Gasteiger charge is -2.10. The molecule has 0 aliphatic carbocycles. The molecule has 0 fully saturated rings. The van der Waals surface area contributed by atoms with Crippen LogP contribution in [0.5, 0.6) is 11.5 Å². The summed E-state index contributed by atoms with van der Waals surface area (Å²) in [5.74, 6) is 1.29. The summed E-state index contributed by atoms with van der Waals surface area (Å²) < 4.78 is 10.6. The number of anilines is 1. The molecule has 0 spiro atoms. The Balaban J connectivity index is 1.77. The van der Waals surface area contributed by atoms with Gasteiger partial charge in [0.15, 0.2) is 11.5 Å². The molecule has 1 aliphatic rings. The smallest absolute Gasteiger partial charge is 0.231 e. The first kappa shape index (κ1) is 13.3. The number of ether oxygens (including phenoxy) is 2. The van der Waals surface area contributed by atoms with Gasteiger partial charge in [0.2, 0.25) is 6.79 Å². The molecule has 6 heteroatoms. The van der Waals surface area contributed by atoms with Crippen molar-refractivity contribution in [1.29, 1.82) is 0 Å². The van der Waals surface area contributed by atoms with Gasteiger partial charge in [0, 0.05) is 6.54 Å². The Labute approximate surface area is 126 Å². The molecule has 0 amide bonds. The first-order valence-corrected chi connectivity index (χ1v) is 6.84. The van der Waals surface area contributed by atoms with E-state index in [0.29, 0.717) is 28.2 Å². The number of benzene rings is 1. The van der Waals surface area contributed by atoms with E-state index in [4.69, 9.17) is 32.7 Å². The minimum absolute atomic E-state index is 0.214. The number of nitrogens with one attached hydrogen (secondary N) is 1. The molecule has 4 nitrogen and oxygen atoms in total. The summed E-state index contributed by atoms with van der Waals surface area (Å²) in [6.45, 7) is 2.73. The fourth-order valence-corrected chi connectivity index (χ4v) is 2.51. The van der Waals surface area contributed by atoms with Crippen molar-refractivity contribution in [3.8, 4) is 11.5 Å². The Morgan fingerprint density at radius 1 is 1.25 bits per heavy atom. The lowest BCUT2D eigenvalue weighted by Crippen LogP contribution is -2.02. The molecule has 1 aromatic heterocycles. The highest BCUT2D eigenvalue weighted by atomic mass is 35.5. The van der Waals surface area contributed by atoms with Gasteiger partial charge in [0.1, 0.15) is 5.15 Å². The summed E-state index contributed by atoms with van der Waals surface area (Å²) in [5.41, 5.74) is 2.79. The van der Waals surface area contributed by atoms with Crippen molar-refractivity contribution in [1.82, 2.24) is 4.98 Å². The van der Waals surface area contributed by atoms with Crippen LogP contribution in [0.15, 0.2) is 24.3 Å². The molecule has 1 aliphatic heterocycles. The Bertz CT molecular complexity index is 662. The highest BCUT2D eigenvalue weighted by Gasteiger charge is 2.18. The fraction of sp³-hybridized carbons (Fsp3) is 0.214. The van der Waals surface area contributed by atoms with Crippen LogP contribution in [0.25, 0.3) is 0 Å². The van der Waals surface area contributed by atoms with Gasteiger partial charge in [0.25, 0.3) is 0 Å². The van der Waals surface area contributed by atoms with Crippen molar-refractivity contribution >= 4 is 28.9 Å². The summed E-state index contributed by atoms with van der Waals surface area (Å²) in [4.78, 5) is 4.19. The predicted molar refractivity (Wildman–Crippen MR) is 78.9 cm³/mol. The van der Waals surface area contributed by atoms with E-state index in [-0.39, 0.29) is 6.79 Å². The standard InChI is InChI=1S/C14H12Cl2N2O2/c1-8-11(2-3-13(16)18-8)17-6-9-4-10(15)14-12(5-9)19-7-20-14/h2-5,17H,6-7H2,1H3. The summed E-state index contributed by atoms with van der Waals surface area (Å²) in [5, 5.41) is 4.34. The van der Waals surface area contributed by atoms with Crippen LogP contribution < -0.4 is 14.8 Å². The van der Waals surface area contributed by atoms with Crippen molar-refractivity contribution in [2.75, 3.05) is 12.1 Å². The van der Waals surface area contributed by atoms with Crippen LogP contribution in [-0.4, -0.2) is 11.8 Å². The number of rotatable bonds is 3. The number of fused-ring (bicyclic) bond motifs is 1. The molecule has 0 atom stereocenters. The van der Waals surface area contributed by atoms with E-state index >= 15 is 0 Å². The molecule has 2 aromatic rings. The molecule has 1 aromatic carbocycles. The Morgan fingerprint density at radius 3 is 2.90 bits per heavy atom. The van der Waals surface area contributed by atoms with E-state index in [2.05, 4.69) is 10.3 Å². The van der Waals surface area contributed by atoms with E-state index in [0.717, 1.165) is 16.9 Å². The SMILES string of the molecule is Cc1nc(Cl)ccc1NCc1cc(Cl)c2c(c1)OCO2. The lowest BCUT2D eigenvalue weighted by atomic mass is 10.2. The minimum atomic E-state index is 0.214. The molecule has 2 heterocycles. The van der Waals surface area contributed by atoms with Crippen LogP contribution in [0.3, 0.4) is 0 Å². The molecule has 0 radical (unpaired) electrons. The number of hydrogen-bond acceptors (Lipinski definition) is 4. The molecule has 20 heavy (non-hydrogen) atoms. The third-order valence-electron chi connectivity index (χ3n) is 3.02. The second-order valence-corrected chi connectivity index (χ2v) is 5.23. The van der Waals surface area contributed by atoms with Crippen LogP contribution in [0.2, 0.25) is 10.2 Å². The van der Waals surface area contributed by atoms with Gasteiger partial charge in [-0.05, 0) is 36.8 Å². The molecular formula is C14H12Cl2N2O2. The highest BCUT2D eigenvalue weighted by Crippen LogP contribution is 2.39. The number of halogens is 2. The average Bonchev–Trinajstić information content (AvgIpc) is 2.86. The van der Waals surface area contributed by atoms with Crippen molar-refractivity contribution < 1.29 is 9.47 Å². The minimum Gasteiger partial charge on any atom is -0.454 e. The Morgan fingerprint density at radius 2 is 2.10 bits per heavy atom. The van der Waals surface area contributed by atoms with Gasteiger partial charge in [-0.2, -0.15) is 0 Å². The molecule has 0 bridgehead atoms. The number of hydrogen-bond donors (Lipinski definition) is 1. The zero-order valence-corrected chi connectivity index (χ0v) is 12.3. The highest BCUT2D eigenvalue weighted by molar-refractivity contribution is 6.32. The summed E-state index contributed by atoms with van der Waals surface area (Å²) in [6, 6.07) is 7.43. The van der Waals surface area contributed by atoms with Crippen molar-refractivity contribution in [2.24, 2.45) is 0 Å². The number of aryl methyl sites for hydroxylation is 1. The topological polar surface area (TPSA) is 43.4 Å². The molecule has 3 rings (SSSR count). The van der Waals surface area contributed by atoms with Crippen molar-refractivity contribution in [3.63, 3.8) is 0 Å². The summed E-state index contributed by atoms with van der Waals surface area (Å²) >= 11 is 12.0. The van der Waals surface area contributed by atoms with Crippen LogP contribution in [0.4, 0.5) is 5.69 Å². The zero-order valence-electron chi connectivity index (χ0n) is 10.7. The van der Waals surface area contributed by atoms with Crippen LogP contribution in [-0.2, 0) is 6.54 Å². The zero-order chi connectivity index (χ0) is 14.1. The molecule has 1 N–H and O–H groups in total. The first-order valence-electron chi connectivity index (χ1n) is 6.08. The van der Waals surface area contributed by atoms with Crippen molar-refractivity contribution in [3.05, 3.63) is 45.7 Å². The molecule has 0 saturated heterocycles. The van der Waals surface area contributed by atoms with Crippen molar-refractivity contribution in [2.45, 2.75) is 13.5 Å². The second kappa shape index (κ2) is 5.38. The molecular weight excluding hydrogens is 299 g/mol. The van der Waals surface area contributed by atoms with Gasteiger partial charge in [-0.1, -0.05) is 23.2 Å². The van der Waals surface area contributed by atoms with Gasteiger partial charge in [0.05, 0.1) is 16.4 Å². The van der Waals surface area contributed by atoms with E-state index < -0.39 is 0 Å². The van der Waals surface area contributed by atoms with Gasteiger partial charge in [-0.25, -0.2) is 4.98 Å². The summed E-state index contributed by atoms with van der Waals surface area (Å²) in [7, 11) is 0. The quantitative estimate of drug-likeness (QED) is 0.869. The average molecular weight is 311 g/mol. The van der Waals surface area contributed by atoms with E-state index in [9.17, 15) is 0 Å². The lowest BCUT2D eigenvalue weighted by molar-refractivity contribution is 0.174. The monoisotopic (exact) mass is 310 g/mol. The van der Waals surface area contributed by atoms with E-state index in [1.165, 1.54) is 0 Å². The van der Waals surface area contributed by atoms with Gasteiger partial charge >= 0.3 is 0 Å². The first-order chi connectivity index (χ1) is 9.63. The predicted octanol–water partition coefficient (Wildman–Crippen LogP) is 4.04. The van der Waals surface area contributed by atoms with Gasteiger partial charge in [-0.3, -0.25) is 0 Å². The molecule has 0 unspecified atom stereocenters. The van der Waals surface area contributed by atoms with E-state index in [1.54, 1.807) is 6.07 Å².